The predicted molar refractivity (Wildman–Crippen MR) is 150 cm³/mol. The number of aliphatic hydroxyl groups is 1. The molecule has 9 heteroatoms. The maximum Gasteiger partial charge on any atom is 0.264 e. The van der Waals surface area contributed by atoms with Crippen LogP contribution in [0.25, 0.3) is 10.9 Å². The molecule has 2 aliphatic rings. The number of fused-ring (bicyclic) bond motifs is 3. The van der Waals surface area contributed by atoms with Crippen molar-refractivity contribution in [1.29, 1.82) is 0 Å². The van der Waals surface area contributed by atoms with Gasteiger partial charge in [0.05, 0.1) is 11.6 Å². The second kappa shape index (κ2) is 11.3. The van der Waals surface area contributed by atoms with Crippen molar-refractivity contribution in [3.8, 4) is 0 Å². The second-order valence-corrected chi connectivity index (χ2v) is 11.2. The standard InChI is InChI=1S/C30H37N5O4/c1-19(2)35-27-7-5-4-6-21(27)14-26(30(35)39)28(37)32-22-15-23-8-9-24(16-22)34(23)18-25(36)17-33(3)29(38)20-10-12-31-13-11-20/h4-7,10-14,19,22-25,36H,8-9,15-18H2,1-3H3,(H,32,37)/t22?,23-,24+,25?. The van der Waals surface area contributed by atoms with Gasteiger partial charge in [0.1, 0.15) is 5.56 Å². The molecule has 0 spiro atoms. The minimum absolute atomic E-state index is 0.0299. The summed E-state index contributed by atoms with van der Waals surface area (Å²) in [6.45, 7) is 4.61. The lowest BCUT2D eigenvalue weighted by molar-refractivity contribution is 0.0340. The Morgan fingerprint density at radius 1 is 1.10 bits per heavy atom. The van der Waals surface area contributed by atoms with Crippen molar-refractivity contribution in [1.82, 2.24) is 24.7 Å². The van der Waals surface area contributed by atoms with Crippen LogP contribution in [0.1, 0.15) is 66.3 Å². The minimum Gasteiger partial charge on any atom is -0.390 e. The molecule has 9 nitrogen and oxygen atoms in total. The quantitative estimate of drug-likeness (QED) is 0.463. The number of carbonyl (C=O) groups is 2. The Balaban J connectivity index is 1.21. The fraction of sp³-hybridized carbons (Fsp3) is 0.467. The molecule has 4 heterocycles. The summed E-state index contributed by atoms with van der Waals surface area (Å²) in [5, 5.41) is 14.8. The molecule has 2 amide bonds. The Morgan fingerprint density at radius 2 is 1.77 bits per heavy atom. The molecule has 2 aliphatic heterocycles. The highest BCUT2D eigenvalue weighted by Gasteiger charge is 2.42. The van der Waals surface area contributed by atoms with Crippen molar-refractivity contribution in [2.75, 3.05) is 20.1 Å². The van der Waals surface area contributed by atoms with Crippen LogP contribution in [0.3, 0.4) is 0 Å². The van der Waals surface area contributed by atoms with Gasteiger partial charge in [-0.05, 0) is 69.2 Å². The molecule has 0 aliphatic carbocycles. The molecule has 2 unspecified atom stereocenters. The molecule has 1 aromatic carbocycles. The Hall–Kier alpha value is -3.56. The smallest absolute Gasteiger partial charge is 0.264 e. The van der Waals surface area contributed by atoms with Gasteiger partial charge >= 0.3 is 0 Å². The summed E-state index contributed by atoms with van der Waals surface area (Å²) in [5.41, 5.74) is 1.28. The highest BCUT2D eigenvalue weighted by atomic mass is 16.3. The van der Waals surface area contributed by atoms with E-state index in [1.54, 1.807) is 47.1 Å². The predicted octanol–water partition coefficient (Wildman–Crippen LogP) is 2.84. The lowest BCUT2D eigenvalue weighted by Crippen LogP contribution is -2.53. The third-order valence-corrected chi connectivity index (χ3v) is 8.11. The van der Waals surface area contributed by atoms with Crippen LogP contribution in [0.2, 0.25) is 0 Å². The first-order valence-corrected chi connectivity index (χ1v) is 13.8. The van der Waals surface area contributed by atoms with E-state index in [9.17, 15) is 19.5 Å². The molecule has 0 saturated carbocycles. The third-order valence-electron chi connectivity index (χ3n) is 8.11. The zero-order chi connectivity index (χ0) is 27.7. The van der Waals surface area contributed by atoms with Crippen LogP contribution in [0.15, 0.2) is 59.7 Å². The number of amides is 2. The first kappa shape index (κ1) is 27.0. The number of benzene rings is 1. The van der Waals surface area contributed by atoms with Gasteiger partial charge in [-0.2, -0.15) is 0 Å². The molecule has 5 rings (SSSR count). The van der Waals surface area contributed by atoms with E-state index >= 15 is 0 Å². The van der Waals surface area contributed by atoms with Crippen molar-refractivity contribution >= 4 is 22.7 Å². The lowest BCUT2D eigenvalue weighted by Gasteiger charge is -2.40. The zero-order valence-corrected chi connectivity index (χ0v) is 22.8. The number of nitrogens with zero attached hydrogens (tertiary/aromatic N) is 4. The van der Waals surface area contributed by atoms with E-state index in [0.29, 0.717) is 12.1 Å². The first-order valence-electron chi connectivity index (χ1n) is 13.8. The molecule has 2 fully saturated rings. The number of para-hydroxylation sites is 1. The van der Waals surface area contributed by atoms with Crippen LogP contribution in [-0.2, 0) is 0 Å². The van der Waals surface area contributed by atoms with E-state index < -0.39 is 6.10 Å². The molecular formula is C30H37N5O4. The number of aromatic nitrogens is 2. The monoisotopic (exact) mass is 531 g/mol. The number of hydrogen-bond donors (Lipinski definition) is 2. The Morgan fingerprint density at radius 3 is 2.44 bits per heavy atom. The van der Waals surface area contributed by atoms with Gasteiger partial charge < -0.3 is 19.9 Å². The largest absolute Gasteiger partial charge is 0.390 e. The SMILES string of the molecule is CC(C)n1c(=O)c(C(=O)NC2C[C@H]3CC[C@@H](C2)N3CC(O)CN(C)C(=O)c2ccncc2)cc2ccccc21. The maximum absolute atomic E-state index is 13.3. The van der Waals surface area contributed by atoms with Crippen molar-refractivity contribution in [2.24, 2.45) is 0 Å². The van der Waals surface area contributed by atoms with E-state index in [2.05, 4.69) is 15.2 Å². The van der Waals surface area contributed by atoms with Crippen LogP contribution in [0.4, 0.5) is 0 Å². The average Bonchev–Trinajstić information content (AvgIpc) is 3.14. The highest BCUT2D eigenvalue weighted by molar-refractivity contribution is 5.97. The van der Waals surface area contributed by atoms with Crippen LogP contribution in [0.5, 0.6) is 0 Å². The number of carbonyl (C=O) groups excluding carboxylic acids is 2. The normalized spacial score (nSPS) is 21.7. The number of piperidine rings is 1. The third kappa shape index (κ3) is 5.60. The number of rotatable bonds is 8. The van der Waals surface area contributed by atoms with E-state index in [4.69, 9.17) is 0 Å². The van der Waals surface area contributed by atoms with Gasteiger partial charge in [0.25, 0.3) is 17.4 Å². The van der Waals surface area contributed by atoms with Gasteiger partial charge in [-0.3, -0.25) is 24.3 Å². The zero-order valence-electron chi connectivity index (χ0n) is 22.8. The molecule has 2 bridgehead atoms. The number of aliphatic hydroxyl groups excluding tert-OH is 1. The van der Waals surface area contributed by atoms with Crippen LogP contribution < -0.4 is 10.9 Å². The van der Waals surface area contributed by atoms with Gasteiger partial charge in [-0.1, -0.05) is 18.2 Å². The fourth-order valence-corrected chi connectivity index (χ4v) is 6.33. The molecule has 3 aromatic rings. The summed E-state index contributed by atoms with van der Waals surface area (Å²) in [4.78, 5) is 47.1. The number of pyridine rings is 2. The van der Waals surface area contributed by atoms with E-state index in [1.807, 2.05) is 38.1 Å². The Labute approximate surface area is 228 Å². The maximum atomic E-state index is 13.3. The van der Waals surface area contributed by atoms with Crippen LogP contribution in [-0.4, -0.2) is 80.6 Å². The Kier molecular flexibility index (Phi) is 7.81. The highest BCUT2D eigenvalue weighted by Crippen LogP contribution is 2.36. The minimum atomic E-state index is -0.679. The molecule has 4 atom stereocenters. The summed E-state index contributed by atoms with van der Waals surface area (Å²) in [7, 11) is 1.70. The van der Waals surface area contributed by atoms with Gasteiger partial charge in [-0.15, -0.1) is 0 Å². The van der Waals surface area contributed by atoms with E-state index in [1.165, 1.54) is 0 Å². The number of nitrogens with one attached hydrogen (secondary N) is 1. The van der Waals surface area contributed by atoms with Crippen molar-refractivity contribution < 1.29 is 14.7 Å². The van der Waals surface area contributed by atoms with Crippen LogP contribution in [0, 0.1) is 0 Å². The number of likely N-dealkylation sites (N-methyl/N-ethyl adjacent to an activating group) is 1. The topological polar surface area (TPSA) is 108 Å². The molecule has 39 heavy (non-hydrogen) atoms. The summed E-state index contributed by atoms with van der Waals surface area (Å²) in [6.07, 6.45) is 6.04. The van der Waals surface area contributed by atoms with Gasteiger partial charge in [0.2, 0.25) is 0 Å². The summed E-state index contributed by atoms with van der Waals surface area (Å²) < 4.78 is 1.69. The van der Waals surface area contributed by atoms with Gasteiger partial charge in [0.15, 0.2) is 0 Å². The van der Waals surface area contributed by atoms with Gasteiger partial charge in [-0.25, -0.2) is 0 Å². The van der Waals surface area contributed by atoms with E-state index in [0.717, 1.165) is 36.6 Å². The summed E-state index contributed by atoms with van der Waals surface area (Å²) in [5.74, 6) is -0.472. The van der Waals surface area contributed by atoms with Crippen LogP contribution >= 0.6 is 0 Å². The van der Waals surface area contributed by atoms with Crippen molar-refractivity contribution in [3.05, 3.63) is 76.3 Å². The molecule has 2 saturated heterocycles. The molecule has 2 aromatic heterocycles. The molecular weight excluding hydrogens is 494 g/mol. The number of hydrogen-bond acceptors (Lipinski definition) is 6. The lowest BCUT2D eigenvalue weighted by atomic mass is 9.96. The summed E-state index contributed by atoms with van der Waals surface area (Å²) in [6, 6.07) is 13.1. The molecule has 0 radical (unpaired) electrons. The fourth-order valence-electron chi connectivity index (χ4n) is 6.33. The Bertz CT molecular complexity index is 1390. The van der Waals surface area contributed by atoms with E-state index in [-0.39, 0.29) is 53.6 Å². The average molecular weight is 532 g/mol. The second-order valence-electron chi connectivity index (χ2n) is 11.2. The molecule has 206 valence electrons. The summed E-state index contributed by atoms with van der Waals surface area (Å²) >= 11 is 0. The van der Waals surface area contributed by atoms with Crippen molar-refractivity contribution in [3.63, 3.8) is 0 Å². The van der Waals surface area contributed by atoms with Gasteiger partial charge in [0, 0.05) is 62.3 Å². The molecule has 2 N–H and O–H groups in total. The first-order chi connectivity index (χ1) is 18.7. The van der Waals surface area contributed by atoms with Crippen molar-refractivity contribution in [2.45, 2.75) is 69.8 Å².